The van der Waals surface area contributed by atoms with E-state index in [4.69, 9.17) is 27.6 Å². The minimum Gasteiger partial charge on any atom is -0.459 e. The third-order valence-electron chi connectivity index (χ3n) is 4.62. The van der Waals surface area contributed by atoms with Gasteiger partial charge in [0.05, 0.1) is 16.3 Å². The van der Waals surface area contributed by atoms with Gasteiger partial charge in [0.15, 0.2) is 5.76 Å². The Kier molecular flexibility index (Phi) is 7.40. The number of nitrogens with one attached hydrogen (secondary N) is 2. The summed E-state index contributed by atoms with van der Waals surface area (Å²) in [5.41, 5.74) is 1.98. The summed E-state index contributed by atoms with van der Waals surface area (Å²) in [6, 6.07) is 24.9. The molecule has 166 valence electrons. The SMILES string of the molecule is O=C(Nc1cccc(SC(C(=O)Nc2ccc(Cl)c(Cl)c2)c2ccccc2)c1)c1ccco1. The summed E-state index contributed by atoms with van der Waals surface area (Å²) >= 11 is 13.4. The maximum absolute atomic E-state index is 13.2. The number of hydrogen-bond donors (Lipinski definition) is 2. The van der Waals surface area contributed by atoms with E-state index in [1.54, 1.807) is 36.4 Å². The van der Waals surface area contributed by atoms with Crippen LogP contribution in [0.25, 0.3) is 0 Å². The lowest BCUT2D eigenvalue weighted by Gasteiger charge is -2.18. The van der Waals surface area contributed by atoms with Crippen molar-refractivity contribution in [3.63, 3.8) is 0 Å². The van der Waals surface area contributed by atoms with Crippen molar-refractivity contribution in [2.75, 3.05) is 10.6 Å². The van der Waals surface area contributed by atoms with E-state index in [1.165, 1.54) is 18.0 Å². The largest absolute Gasteiger partial charge is 0.459 e. The molecule has 2 N–H and O–H groups in total. The van der Waals surface area contributed by atoms with Crippen LogP contribution in [-0.2, 0) is 4.79 Å². The van der Waals surface area contributed by atoms with Crippen LogP contribution in [0.4, 0.5) is 11.4 Å². The maximum Gasteiger partial charge on any atom is 0.291 e. The van der Waals surface area contributed by atoms with Crippen molar-refractivity contribution in [1.29, 1.82) is 0 Å². The average molecular weight is 497 g/mol. The molecule has 1 unspecified atom stereocenters. The van der Waals surface area contributed by atoms with Crippen LogP contribution in [0.1, 0.15) is 21.4 Å². The number of anilines is 2. The molecule has 0 aliphatic carbocycles. The lowest BCUT2D eigenvalue weighted by Crippen LogP contribution is -2.19. The number of thioether (sulfide) groups is 1. The van der Waals surface area contributed by atoms with E-state index in [0.717, 1.165) is 10.5 Å². The van der Waals surface area contributed by atoms with E-state index in [9.17, 15) is 9.59 Å². The van der Waals surface area contributed by atoms with Gasteiger partial charge in [0.25, 0.3) is 5.91 Å². The molecule has 0 saturated carbocycles. The molecule has 8 heteroatoms. The standard InChI is InChI=1S/C25H18Cl2N2O3S/c26-20-12-11-18(15-21(20)27)29-25(31)23(16-6-2-1-3-7-16)33-19-9-4-8-17(14-19)28-24(30)22-10-5-13-32-22/h1-15,23H,(H,28,30)(H,29,31). The Hall–Kier alpha value is -3.19. The van der Waals surface area contributed by atoms with Gasteiger partial charge in [0.1, 0.15) is 5.25 Å². The minimum atomic E-state index is -0.545. The highest BCUT2D eigenvalue weighted by atomic mass is 35.5. The molecule has 2 amide bonds. The number of furan rings is 1. The molecule has 0 aliphatic heterocycles. The molecule has 3 aromatic carbocycles. The summed E-state index contributed by atoms with van der Waals surface area (Å²) < 4.78 is 5.14. The molecule has 4 aromatic rings. The molecule has 0 bridgehead atoms. The second kappa shape index (κ2) is 10.6. The summed E-state index contributed by atoms with van der Waals surface area (Å²) in [6.07, 6.45) is 1.44. The van der Waals surface area contributed by atoms with Crippen LogP contribution in [0.3, 0.4) is 0 Å². The number of rotatable bonds is 7. The summed E-state index contributed by atoms with van der Waals surface area (Å²) in [6.45, 7) is 0. The Morgan fingerprint density at radius 3 is 2.30 bits per heavy atom. The molecule has 5 nitrogen and oxygen atoms in total. The lowest BCUT2D eigenvalue weighted by molar-refractivity contribution is -0.115. The number of halogens is 2. The molecule has 0 fully saturated rings. The predicted molar refractivity (Wildman–Crippen MR) is 133 cm³/mol. The topological polar surface area (TPSA) is 71.3 Å². The van der Waals surface area contributed by atoms with Crippen molar-refractivity contribution < 1.29 is 14.0 Å². The van der Waals surface area contributed by atoms with Crippen LogP contribution in [0.2, 0.25) is 10.0 Å². The molecule has 1 atom stereocenters. The maximum atomic E-state index is 13.2. The van der Waals surface area contributed by atoms with E-state index >= 15 is 0 Å². The van der Waals surface area contributed by atoms with Gasteiger partial charge in [-0.15, -0.1) is 11.8 Å². The normalized spacial score (nSPS) is 11.6. The quantitative estimate of drug-likeness (QED) is 0.263. The fourth-order valence-corrected chi connectivity index (χ4v) is 4.45. The molecule has 1 aromatic heterocycles. The van der Waals surface area contributed by atoms with Crippen LogP contribution in [0.15, 0.2) is 101 Å². The highest BCUT2D eigenvalue weighted by molar-refractivity contribution is 8.00. The Bertz CT molecular complexity index is 1260. The molecule has 33 heavy (non-hydrogen) atoms. The van der Waals surface area contributed by atoms with Crippen molar-refractivity contribution in [3.8, 4) is 0 Å². The zero-order chi connectivity index (χ0) is 23.2. The van der Waals surface area contributed by atoms with Gasteiger partial charge in [-0.05, 0) is 54.1 Å². The van der Waals surface area contributed by atoms with Crippen molar-refractivity contribution in [1.82, 2.24) is 0 Å². The van der Waals surface area contributed by atoms with Gasteiger partial charge in [-0.25, -0.2) is 0 Å². The van der Waals surface area contributed by atoms with E-state index < -0.39 is 5.25 Å². The Morgan fingerprint density at radius 1 is 0.788 bits per heavy atom. The minimum absolute atomic E-state index is 0.213. The summed E-state index contributed by atoms with van der Waals surface area (Å²) in [7, 11) is 0. The first-order chi connectivity index (χ1) is 16.0. The Morgan fingerprint density at radius 2 is 1.58 bits per heavy atom. The molecule has 0 radical (unpaired) electrons. The number of hydrogen-bond acceptors (Lipinski definition) is 4. The number of carbonyl (C=O) groups is 2. The first-order valence-corrected chi connectivity index (χ1v) is 11.6. The molecule has 4 rings (SSSR count). The fourth-order valence-electron chi connectivity index (χ4n) is 3.07. The fraction of sp³-hybridized carbons (Fsp3) is 0.0400. The lowest BCUT2D eigenvalue weighted by atomic mass is 10.1. The monoisotopic (exact) mass is 496 g/mol. The van der Waals surface area contributed by atoms with Gasteiger partial charge < -0.3 is 15.1 Å². The van der Waals surface area contributed by atoms with E-state index in [0.29, 0.717) is 21.4 Å². The van der Waals surface area contributed by atoms with Gasteiger partial charge in [0.2, 0.25) is 5.91 Å². The van der Waals surface area contributed by atoms with Crippen molar-refractivity contribution >= 4 is 58.2 Å². The van der Waals surface area contributed by atoms with Crippen molar-refractivity contribution in [2.24, 2.45) is 0 Å². The number of amides is 2. The van der Waals surface area contributed by atoms with Crippen LogP contribution in [-0.4, -0.2) is 11.8 Å². The third-order valence-corrected chi connectivity index (χ3v) is 6.61. The zero-order valence-electron chi connectivity index (χ0n) is 17.1. The Labute approximate surface area is 205 Å². The van der Waals surface area contributed by atoms with Crippen LogP contribution >= 0.6 is 35.0 Å². The van der Waals surface area contributed by atoms with Crippen LogP contribution in [0, 0.1) is 0 Å². The van der Waals surface area contributed by atoms with Gasteiger partial charge in [-0.2, -0.15) is 0 Å². The summed E-state index contributed by atoms with van der Waals surface area (Å²) in [5, 5.41) is 5.94. The van der Waals surface area contributed by atoms with Crippen molar-refractivity contribution in [2.45, 2.75) is 10.1 Å². The van der Waals surface area contributed by atoms with Crippen LogP contribution in [0.5, 0.6) is 0 Å². The average Bonchev–Trinajstić information content (AvgIpc) is 3.36. The summed E-state index contributed by atoms with van der Waals surface area (Å²) in [4.78, 5) is 26.3. The highest BCUT2D eigenvalue weighted by Crippen LogP contribution is 2.37. The van der Waals surface area contributed by atoms with Gasteiger partial charge in [-0.3, -0.25) is 9.59 Å². The molecule has 1 heterocycles. The first-order valence-electron chi connectivity index (χ1n) is 9.92. The summed E-state index contributed by atoms with van der Waals surface area (Å²) in [5.74, 6) is -0.343. The van der Waals surface area contributed by atoms with Gasteiger partial charge in [-0.1, -0.05) is 59.6 Å². The second-order valence-electron chi connectivity index (χ2n) is 6.99. The van der Waals surface area contributed by atoms with Gasteiger partial charge in [0, 0.05) is 16.3 Å². The number of carbonyl (C=O) groups excluding carboxylic acids is 2. The highest BCUT2D eigenvalue weighted by Gasteiger charge is 2.23. The molecule has 0 spiro atoms. The Balaban J connectivity index is 1.55. The second-order valence-corrected chi connectivity index (χ2v) is 8.98. The molecule has 0 aliphatic rings. The van der Waals surface area contributed by atoms with Crippen LogP contribution < -0.4 is 10.6 Å². The van der Waals surface area contributed by atoms with E-state index in [1.807, 2.05) is 48.5 Å². The van der Waals surface area contributed by atoms with E-state index in [2.05, 4.69) is 10.6 Å². The molecule has 0 saturated heterocycles. The molecular weight excluding hydrogens is 479 g/mol. The smallest absolute Gasteiger partial charge is 0.291 e. The van der Waals surface area contributed by atoms with Gasteiger partial charge >= 0.3 is 0 Å². The first kappa shape index (κ1) is 23.0. The third kappa shape index (κ3) is 5.99. The number of benzene rings is 3. The van der Waals surface area contributed by atoms with E-state index in [-0.39, 0.29) is 17.6 Å². The molecular formula is C25H18Cl2N2O3S. The predicted octanol–water partition coefficient (Wildman–Crippen LogP) is 7.31. The zero-order valence-corrected chi connectivity index (χ0v) is 19.5. The van der Waals surface area contributed by atoms with Crippen molar-refractivity contribution in [3.05, 3.63) is 113 Å².